The molecule has 4 heteroatoms. The third-order valence-electron chi connectivity index (χ3n) is 2.68. The largest absolute Gasteiger partial charge is 0.484 e. The van der Waals surface area contributed by atoms with Crippen molar-refractivity contribution in [3.63, 3.8) is 0 Å². The zero-order valence-corrected chi connectivity index (χ0v) is 9.20. The standard InChI is InChI=1S/C12H13FO3/c1-7-3-4-8(13)10(5-7)16-11-6-9(14)12(11)15-2/h3-5,11-12H,6H2,1-2H3. The summed E-state index contributed by atoms with van der Waals surface area (Å²) in [5.74, 6) is -0.236. The highest BCUT2D eigenvalue weighted by molar-refractivity contribution is 5.90. The van der Waals surface area contributed by atoms with Gasteiger partial charge < -0.3 is 9.47 Å². The van der Waals surface area contributed by atoms with Gasteiger partial charge in [0.15, 0.2) is 23.5 Å². The van der Waals surface area contributed by atoms with Crippen molar-refractivity contribution in [2.24, 2.45) is 0 Å². The molecule has 1 aliphatic rings. The van der Waals surface area contributed by atoms with Crippen molar-refractivity contribution in [1.29, 1.82) is 0 Å². The molecule has 0 bridgehead atoms. The van der Waals surface area contributed by atoms with Crippen LogP contribution < -0.4 is 4.74 Å². The van der Waals surface area contributed by atoms with Gasteiger partial charge in [-0.1, -0.05) is 6.07 Å². The number of hydrogen-bond donors (Lipinski definition) is 0. The molecule has 1 fully saturated rings. The van der Waals surface area contributed by atoms with Gasteiger partial charge in [-0.25, -0.2) is 4.39 Å². The molecule has 0 amide bonds. The van der Waals surface area contributed by atoms with Crippen molar-refractivity contribution in [2.45, 2.75) is 25.6 Å². The summed E-state index contributed by atoms with van der Waals surface area (Å²) in [7, 11) is 1.45. The zero-order valence-electron chi connectivity index (χ0n) is 9.20. The average molecular weight is 224 g/mol. The fraction of sp³-hybridized carbons (Fsp3) is 0.417. The molecule has 1 aromatic carbocycles. The first-order chi connectivity index (χ1) is 7.61. The molecule has 0 aromatic heterocycles. The van der Waals surface area contributed by atoms with Crippen LogP contribution in [0.15, 0.2) is 18.2 Å². The SMILES string of the molecule is COC1C(=O)CC1Oc1cc(C)ccc1F. The van der Waals surface area contributed by atoms with Crippen LogP contribution in [0.4, 0.5) is 4.39 Å². The van der Waals surface area contributed by atoms with Crippen LogP contribution in [0, 0.1) is 12.7 Å². The van der Waals surface area contributed by atoms with E-state index in [0.29, 0.717) is 0 Å². The summed E-state index contributed by atoms with van der Waals surface area (Å²) in [6, 6.07) is 4.64. The fourth-order valence-electron chi connectivity index (χ4n) is 1.72. The highest BCUT2D eigenvalue weighted by atomic mass is 19.1. The van der Waals surface area contributed by atoms with Gasteiger partial charge in [0.05, 0.1) is 0 Å². The van der Waals surface area contributed by atoms with Gasteiger partial charge >= 0.3 is 0 Å². The summed E-state index contributed by atoms with van der Waals surface area (Å²) in [5, 5.41) is 0. The Morgan fingerprint density at radius 3 is 2.81 bits per heavy atom. The van der Waals surface area contributed by atoms with E-state index in [0.717, 1.165) is 5.56 Å². The number of carbonyl (C=O) groups is 1. The molecule has 86 valence electrons. The van der Waals surface area contributed by atoms with E-state index in [-0.39, 0.29) is 24.1 Å². The van der Waals surface area contributed by atoms with Gasteiger partial charge in [-0.15, -0.1) is 0 Å². The topological polar surface area (TPSA) is 35.5 Å². The number of hydrogen-bond acceptors (Lipinski definition) is 3. The molecule has 1 saturated carbocycles. The second-order valence-electron chi connectivity index (χ2n) is 3.92. The Bertz CT molecular complexity index is 417. The van der Waals surface area contributed by atoms with Gasteiger partial charge in [-0.2, -0.15) is 0 Å². The average Bonchev–Trinajstić information content (AvgIpc) is 2.23. The maximum Gasteiger partial charge on any atom is 0.169 e. The summed E-state index contributed by atoms with van der Waals surface area (Å²) >= 11 is 0. The second-order valence-corrected chi connectivity index (χ2v) is 3.92. The molecule has 0 aliphatic heterocycles. The Morgan fingerprint density at radius 1 is 1.44 bits per heavy atom. The third-order valence-corrected chi connectivity index (χ3v) is 2.68. The van der Waals surface area contributed by atoms with Crippen molar-refractivity contribution < 1.29 is 18.7 Å². The van der Waals surface area contributed by atoms with Gasteiger partial charge in [0, 0.05) is 13.5 Å². The summed E-state index contributed by atoms with van der Waals surface area (Å²) in [4.78, 5) is 11.1. The number of benzene rings is 1. The van der Waals surface area contributed by atoms with E-state index < -0.39 is 11.9 Å². The highest BCUT2D eigenvalue weighted by Gasteiger charge is 2.42. The Morgan fingerprint density at radius 2 is 2.19 bits per heavy atom. The fourth-order valence-corrected chi connectivity index (χ4v) is 1.72. The molecule has 3 nitrogen and oxygen atoms in total. The van der Waals surface area contributed by atoms with E-state index in [1.807, 2.05) is 6.92 Å². The number of methoxy groups -OCH3 is 1. The Kier molecular flexibility index (Phi) is 2.92. The number of ketones is 1. The smallest absolute Gasteiger partial charge is 0.169 e. The normalized spacial score (nSPS) is 24.1. The molecular formula is C12H13FO3. The minimum Gasteiger partial charge on any atom is -0.484 e. The van der Waals surface area contributed by atoms with Crippen molar-refractivity contribution in [3.05, 3.63) is 29.6 Å². The third kappa shape index (κ3) is 1.93. The lowest BCUT2D eigenvalue weighted by atomic mass is 9.90. The summed E-state index contributed by atoms with van der Waals surface area (Å²) < 4.78 is 23.7. The molecule has 1 aromatic rings. The van der Waals surface area contributed by atoms with Crippen LogP contribution in [0.3, 0.4) is 0 Å². The van der Waals surface area contributed by atoms with Crippen LogP contribution in [0.2, 0.25) is 0 Å². The summed E-state index contributed by atoms with van der Waals surface area (Å²) in [6.45, 7) is 1.85. The van der Waals surface area contributed by atoms with Gasteiger partial charge in [0.25, 0.3) is 0 Å². The van der Waals surface area contributed by atoms with E-state index in [1.165, 1.54) is 13.2 Å². The van der Waals surface area contributed by atoms with Crippen LogP contribution in [0.1, 0.15) is 12.0 Å². The first-order valence-electron chi connectivity index (χ1n) is 5.10. The molecule has 2 atom stereocenters. The van der Waals surface area contributed by atoms with Crippen LogP contribution in [0.25, 0.3) is 0 Å². The van der Waals surface area contributed by atoms with Gasteiger partial charge in [0.2, 0.25) is 0 Å². The molecule has 0 heterocycles. The van der Waals surface area contributed by atoms with Gasteiger partial charge in [0.1, 0.15) is 6.10 Å². The monoisotopic (exact) mass is 224 g/mol. The van der Waals surface area contributed by atoms with E-state index >= 15 is 0 Å². The lowest BCUT2D eigenvalue weighted by Gasteiger charge is -2.33. The molecular weight excluding hydrogens is 211 g/mol. The molecule has 16 heavy (non-hydrogen) atoms. The molecule has 2 unspecified atom stereocenters. The predicted octanol–water partition coefficient (Wildman–Crippen LogP) is 1.87. The van der Waals surface area contributed by atoms with Crippen LogP contribution in [0.5, 0.6) is 5.75 Å². The maximum atomic E-state index is 13.4. The van der Waals surface area contributed by atoms with Crippen molar-refractivity contribution in [2.75, 3.05) is 7.11 Å². The molecule has 1 aliphatic carbocycles. The second kappa shape index (κ2) is 4.22. The molecule has 0 saturated heterocycles. The van der Waals surface area contributed by atoms with Crippen molar-refractivity contribution in [1.82, 2.24) is 0 Å². The number of Topliss-reactive ketones (excluding diaryl/α,β-unsaturated/α-hetero) is 1. The summed E-state index contributed by atoms with van der Waals surface area (Å²) in [6.07, 6.45) is -0.639. The van der Waals surface area contributed by atoms with E-state index in [2.05, 4.69) is 0 Å². The van der Waals surface area contributed by atoms with E-state index in [4.69, 9.17) is 9.47 Å². The number of rotatable bonds is 3. The van der Waals surface area contributed by atoms with Crippen LogP contribution in [-0.4, -0.2) is 25.1 Å². The van der Waals surface area contributed by atoms with E-state index in [9.17, 15) is 9.18 Å². The molecule has 0 spiro atoms. The van der Waals surface area contributed by atoms with Crippen molar-refractivity contribution >= 4 is 5.78 Å². The first kappa shape index (κ1) is 11.1. The highest BCUT2D eigenvalue weighted by Crippen LogP contribution is 2.27. The van der Waals surface area contributed by atoms with Gasteiger partial charge in [-0.05, 0) is 24.6 Å². The van der Waals surface area contributed by atoms with Gasteiger partial charge in [-0.3, -0.25) is 4.79 Å². The number of halogens is 1. The number of carbonyl (C=O) groups excluding carboxylic acids is 1. The quantitative estimate of drug-likeness (QED) is 0.786. The van der Waals surface area contributed by atoms with E-state index in [1.54, 1.807) is 12.1 Å². The number of ether oxygens (including phenoxy) is 2. The zero-order chi connectivity index (χ0) is 11.7. The van der Waals surface area contributed by atoms with Crippen LogP contribution in [-0.2, 0) is 9.53 Å². The minimum atomic E-state index is -0.556. The molecule has 0 N–H and O–H groups in total. The number of aryl methyl sites for hydroxylation is 1. The molecule has 0 radical (unpaired) electrons. The Labute approximate surface area is 93.2 Å². The lowest BCUT2D eigenvalue weighted by molar-refractivity contribution is -0.151. The van der Waals surface area contributed by atoms with Crippen molar-refractivity contribution in [3.8, 4) is 5.75 Å². The van der Waals surface area contributed by atoms with Crippen LogP contribution >= 0.6 is 0 Å². The maximum absolute atomic E-state index is 13.4. The minimum absolute atomic E-state index is 0.000520. The summed E-state index contributed by atoms with van der Waals surface area (Å²) in [5.41, 5.74) is 0.913. The molecule has 2 rings (SSSR count). The lowest BCUT2D eigenvalue weighted by Crippen LogP contribution is -2.51. The Hall–Kier alpha value is -1.42. The Balaban J connectivity index is 2.10. The predicted molar refractivity (Wildman–Crippen MR) is 56.0 cm³/mol. The first-order valence-corrected chi connectivity index (χ1v) is 5.10.